The van der Waals surface area contributed by atoms with Crippen LogP contribution in [0.3, 0.4) is 0 Å². The number of aromatic carboxylic acids is 1. The molecule has 174 valence electrons. The molecule has 0 atom stereocenters. The predicted molar refractivity (Wildman–Crippen MR) is 140 cm³/mol. The Hall–Kier alpha value is -2.86. The molecule has 0 bridgehead atoms. The molecule has 0 spiro atoms. The smallest absolute Gasteiger partial charge is 0.339 e. The molecule has 1 aliphatic rings. The second kappa shape index (κ2) is 8.49. The summed E-state index contributed by atoms with van der Waals surface area (Å²) in [6.07, 6.45) is 10.6. The molecule has 2 N–H and O–H groups in total. The number of carboxylic acids is 1. The van der Waals surface area contributed by atoms with Crippen LogP contribution in [0.5, 0.6) is 0 Å². The van der Waals surface area contributed by atoms with Gasteiger partial charge in [-0.3, -0.25) is 0 Å². The van der Waals surface area contributed by atoms with Crippen molar-refractivity contribution >= 4 is 42.5 Å². The summed E-state index contributed by atoms with van der Waals surface area (Å²) in [4.78, 5) is 16.4. The molecule has 5 nitrogen and oxygen atoms in total. The molecule has 33 heavy (non-hydrogen) atoms. The normalized spacial score (nSPS) is 14.8. The molecule has 0 amide bonds. The molecule has 1 saturated carbocycles. The summed E-state index contributed by atoms with van der Waals surface area (Å²) < 4.78 is 2.14. The number of benzene rings is 1. The molecule has 6 heteroatoms. The van der Waals surface area contributed by atoms with Crippen molar-refractivity contribution in [3.05, 3.63) is 59.4 Å². The number of fused-ring (bicyclic) bond motifs is 1. The number of pyridine rings is 1. The number of nitrogens with one attached hydrogen (secondary N) is 1. The maximum atomic E-state index is 11.9. The number of rotatable bonds is 7. The summed E-state index contributed by atoms with van der Waals surface area (Å²) in [7, 11) is 0.644. The van der Waals surface area contributed by atoms with Gasteiger partial charge in [0.15, 0.2) is 0 Å². The van der Waals surface area contributed by atoms with E-state index in [9.17, 15) is 9.90 Å². The van der Waals surface area contributed by atoms with Crippen molar-refractivity contribution in [3.8, 4) is 0 Å². The van der Waals surface area contributed by atoms with Gasteiger partial charge in [0.05, 0.1) is 13.6 Å². The predicted octanol–water partition coefficient (Wildman–Crippen LogP) is 7.41. The lowest BCUT2D eigenvalue weighted by molar-refractivity contribution is 0.0697. The first-order valence-electron chi connectivity index (χ1n) is 11.7. The van der Waals surface area contributed by atoms with Crippen LogP contribution in [-0.4, -0.2) is 28.7 Å². The molecule has 0 unspecified atom stereocenters. The van der Waals surface area contributed by atoms with Crippen molar-refractivity contribution < 1.29 is 9.90 Å². The molecule has 0 aliphatic heterocycles. The number of carbonyl (C=O) groups is 1. The monoisotopic (exact) mass is 461 g/mol. The molecular formula is C27H35N3O2Si. The highest BCUT2D eigenvalue weighted by Crippen LogP contribution is 2.41. The lowest BCUT2D eigenvalue weighted by Crippen LogP contribution is -2.36. The first kappa shape index (κ1) is 23.3. The summed E-state index contributed by atoms with van der Waals surface area (Å²) in [6.45, 7) is 11.9. The third-order valence-corrected chi connectivity index (χ3v) is 12.7. The van der Waals surface area contributed by atoms with Crippen LogP contribution in [0, 0.1) is 0 Å². The summed E-state index contributed by atoms with van der Waals surface area (Å²) in [5.41, 5.74) is 4.37. The number of aryl methyl sites for hydroxylation is 1. The third kappa shape index (κ3) is 4.91. The second-order valence-electron chi connectivity index (χ2n) is 11.0. The van der Waals surface area contributed by atoms with Gasteiger partial charge in [0.2, 0.25) is 0 Å². The van der Waals surface area contributed by atoms with Gasteiger partial charge in [0.1, 0.15) is 11.4 Å². The topological polar surface area (TPSA) is 67.2 Å². The van der Waals surface area contributed by atoms with Gasteiger partial charge in [-0.05, 0) is 59.7 Å². The first-order valence-corrected chi connectivity index (χ1v) is 14.9. The van der Waals surface area contributed by atoms with Gasteiger partial charge >= 0.3 is 5.97 Å². The highest BCUT2D eigenvalue weighted by molar-refractivity contribution is 6.80. The SMILES string of the molecule is Cn1ccc2cc(Nc3ncc(C4CC4)cc3C(=O)O)cc(/C=C/C[Si](C)(C)C(C)(C)C)c21. The average molecular weight is 462 g/mol. The minimum Gasteiger partial charge on any atom is -0.478 e. The Morgan fingerprint density at radius 3 is 2.64 bits per heavy atom. The molecule has 0 saturated heterocycles. The summed E-state index contributed by atoms with van der Waals surface area (Å²) in [5, 5.41) is 14.5. The van der Waals surface area contributed by atoms with E-state index in [1.54, 1.807) is 6.07 Å². The Kier molecular flexibility index (Phi) is 5.99. The average Bonchev–Trinajstić information content (AvgIpc) is 3.50. The lowest BCUT2D eigenvalue weighted by atomic mass is 10.1. The number of hydrogen-bond acceptors (Lipinski definition) is 3. The number of nitrogens with zero attached hydrogens (tertiary/aromatic N) is 2. The standard InChI is InChI=1S/C27H35N3O2Si/c1-27(2,3)33(5,6)13-7-8-19-14-22(15-20-11-12-30(4)24(19)20)29-25-23(26(31)32)16-21(17-28-25)18-9-10-18/h7-8,11-12,14-18H,9-10,13H2,1-6H3,(H,28,29)(H,31,32)/b8-7+. The van der Waals surface area contributed by atoms with Crippen LogP contribution in [0.4, 0.5) is 11.5 Å². The molecular weight excluding hydrogens is 426 g/mol. The second-order valence-corrected chi connectivity index (χ2v) is 16.7. The lowest BCUT2D eigenvalue weighted by Gasteiger charge is -2.36. The first-order chi connectivity index (χ1) is 15.5. The van der Waals surface area contributed by atoms with Gasteiger partial charge in [-0.2, -0.15) is 0 Å². The molecule has 4 rings (SSSR count). The van der Waals surface area contributed by atoms with Gasteiger partial charge in [0.25, 0.3) is 0 Å². The van der Waals surface area contributed by atoms with Crippen molar-refractivity contribution in [3.63, 3.8) is 0 Å². The van der Waals surface area contributed by atoms with Gasteiger partial charge in [-0.15, -0.1) is 0 Å². The zero-order chi connectivity index (χ0) is 24.0. The summed E-state index contributed by atoms with van der Waals surface area (Å²) in [6, 6.07) is 9.12. The van der Waals surface area contributed by atoms with Crippen LogP contribution in [0.2, 0.25) is 24.2 Å². The molecule has 3 aromatic rings. The van der Waals surface area contributed by atoms with Crippen LogP contribution in [0.25, 0.3) is 17.0 Å². The van der Waals surface area contributed by atoms with Crippen LogP contribution >= 0.6 is 0 Å². The molecule has 1 aliphatic carbocycles. The van der Waals surface area contributed by atoms with E-state index in [0.717, 1.165) is 41.1 Å². The van der Waals surface area contributed by atoms with Crippen LogP contribution in [0.15, 0.2) is 42.7 Å². The largest absolute Gasteiger partial charge is 0.478 e. The molecule has 0 radical (unpaired) electrons. The summed E-state index contributed by atoms with van der Waals surface area (Å²) in [5.74, 6) is -0.107. The van der Waals surface area contributed by atoms with Crippen LogP contribution in [-0.2, 0) is 7.05 Å². The zero-order valence-electron chi connectivity index (χ0n) is 20.6. The molecule has 2 aromatic heterocycles. The van der Waals surface area contributed by atoms with Crippen LogP contribution < -0.4 is 5.32 Å². The van der Waals surface area contributed by atoms with Gasteiger partial charge in [0, 0.05) is 36.1 Å². The third-order valence-electron chi connectivity index (χ3n) is 7.41. The number of carboxylic acid groups (broad SMARTS) is 1. The minimum absolute atomic E-state index is 0.225. The Bertz CT molecular complexity index is 1230. The Morgan fingerprint density at radius 1 is 1.27 bits per heavy atom. The Labute approximate surface area is 197 Å². The fourth-order valence-corrected chi connectivity index (χ4v) is 5.31. The Morgan fingerprint density at radius 2 is 2.00 bits per heavy atom. The van der Waals surface area contributed by atoms with Gasteiger partial charge in [-0.25, -0.2) is 9.78 Å². The fraction of sp³-hybridized carbons (Fsp3) is 0.407. The highest BCUT2D eigenvalue weighted by atomic mass is 28.3. The van der Waals surface area contributed by atoms with Gasteiger partial charge in [-0.1, -0.05) is 46.0 Å². The number of hydrogen-bond donors (Lipinski definition) is 2. The van der Waals surface area contributed by atoms with E-state index < -0.39 is 14.0 Å². The minimum atomic E-state index is -1.41. The number of aromatic nitrogens is 2. The van der Waals surface area contributed by atoms with E-state index in [2.05, 4.69) is 92.3 Å². The zero-order valence-corrected chi connectivity index (χ0v) is 21.6. The van der Waals surface area contributed by atoms with Crippen molar-refractivity contribution in [2.75, 3.05) is 5.32 Å². The van der Waals surface area contributed by atoms with Crippen LogP contribution in [0.1, 0.15) is 61.0 Å². The molecule has 2 heterocycles. The van der Waals surface area contributed by atoms with E-state index in [-0.39, 0.29) is 5.56 Å². The van der Waals surface area contributed by atoms with Crippen molar-refractivity contribution in [1.29, 1.82) is 0 Å². The number of allylic oxidation sites excluding steroid dienone is 1. The maximum absolute atomic E-state index is 11.9. The van der Waals surface area contributed by atoms with Crippen molar-refractivity contribution in [1.82, 2.24) is 9.55 Å². The molecule has 1 aromatic carbocycles. The Balaban J connectivity index is 1.68. The molecule has 1 fully saturated rings. The van der Waals surface area contributed by atoms with Gasteiger partial charge < -0.3 is 15.0 Å². The highest BCUT2D eigenvalue weighted by Gasteiger charge is 2.33. The van der Waals surface area contributed by atoms with E-state index in [0.29, 0.717) is 16.8 Å². The van der Waals surface area contributed by atoms with E-state index in [4.69, 9.17) is 0 Å². The van der Waals surface area contributed by atoms with Crippen molar-refractivity contribution in [2.24, 2.45) is 7.05 Å². The number of anilines is 2. The quantitative estimate of drug-likeness (QED) is 0.359. The van der Waals surface area contributed by atoms with E-state index in [1.165, 1.54) is 5.52 Å². The van der Waals surface area contributed by atoms with Crippen molar-refractivity contribution in [2.45, 2.75) is 63.7 Å². The summed E-state index contributed by atoms with van der Waals surface area (Å²) >= 11 is 0. The van der Waals surface area contributed by atoms with E-state index >= 15 is 0 Å². The van der Waals surface area contributed by atoms with E-state index in [1.807, 2.05) is 6.20 Å². The maximum Gasteiger partial charge on any atom is 0.339 e. The fourth-order valence-electron chi connectivity index (χ4n) is 3.99.